The van der Waals surface area contributed by atoms with Gasteiger partial charge in [-0.15, -0.1) is 0 Å². The minimum absolute atomic E-state index is 0.00520. The molecule has 2 amide bonds. The highest BCUT2D eigenvalue weighted by Gasteiger charge is 2.16. The number of nitrogens with zero attached hydrogens (tertiary/aromatic N) is 1. The number of carbonyl (C=O) groups is 2. The number of benzene rings is 2. The SMILES string of the molecule is O=C(Cc1ccc(OC(F)F)cc1)NNC(=O)c1cc(-c2ccco2)nc2ccccc12. The van der Waals surface area contributed by atoms with Crippen molar-refractivity contribution in [1.82, 2.24) is 15.8 Å². The molecule has 0 saturated carbocycles. The summed E-state index contributed by atoms with van der Waals surface area (Å²) < 4.78 is 34.1. The number of hydrogen-bond donors (Lipinski definition) is 2. The summed E-state index contributed by atoms with van der Waals surface area (Å²) in [5, 5.41) is 0.615. The van der Waals surface area contributed by atoms with E-state index in [0.29, 0.717) is 33.5 Å². The number of nitrogens with one attached hydrogen (secondary N) is 2. The van der Waals surface area contributed by atoms with Crippen LogP contribution in [0.4, 0.5) is 8.78 Å². The number of amides is 2. The van der Waals surface area contributed by atoms with Gasteiger partial charge in [0.15, 0.2) is 5.76 Å². The number of ether oxygens (including phenoxy) is 1. The molecule has 0 radical (unpaired) electrons. The molecule has 0 fully saturated rings. The van der Waals surface area contributed by atoms with Crippen LogP contribution in [-0.4, -0.2) is 23.4 Å². The van der Waals surface area contributed by atoms with E-state index in [0.717, 1.165) is 0 Å². The first-order chi connectivity index (χ1) is 15.5. The van der Waals surface area contributed by atoms with Gasteiger partial charge in [-0.1, -0.05) is 30.3 Å². The molecule has 2 aromatic carbocycles. The Morgan fingerprint density at radius 1 is 1.00 bits per heavy atom. The van der Waals surface area contributed by atoms with Crippen molar-refractivity contribution in [2.24, 2.45) is 0 Å². The fraction of sp³-hybridized carbons (Fsp3) is 0.0870. The van der Waals surface area contributed by atoms with Crippen LogP contribution in [0.3, 0.4) is 0 Å². The normalized spacial score (nSPS) is 10.8. The maximum absolute atomic E-state index is 12.8. The third-order valence-electron chi connectivity index (χ3n) is 4.56. The first-order valence-electron chi connectivity index (χ1n) is 9.56. The number of para-hydroxylation sites is 1. The number of halogens is 2. The predicted octanol–water partition coefficient (Wildman–Crippen LogP) is 4.10. The molecular formula is C23H17F2N3O4. The van der Waals surface area contributed by atoms with Crippen molar-refractivity contribution >= 4 is 22.7 Å². The van der Waals surface area contributed by atoms with E-state index in [9.17, 15) is 18.4 Å². The summed E-state index contributed by atoms with van der Waals surface area (Å²) >= 11 is 0. The molecule has 4 rings (SSSR count). The van der Waals surface area contributed by atoms with Crippen molar-refractivity contribution in [3.8, 4) is 17.2 Å². The molecule has 0 spiro atoms. The molecule has 9 heteroatoms. The number of hydrazine groups is 1. The average Bonchev–Trinajstić information content (AvgIpc) is 3.33. The quantitative estimate of drug-likeness (QED) is 0.443. The lowest BCUT2D eigenvalue weighted by Gasteiger charge is -2.11. The predicted molar refractivity (Wildman–Crippen MR) is 112 cm³/mol. The van der Waals surface area contributed by atoms with Gasteiger partial charge in [0.1, 0.15) is 11.4 Å². The van der Waals surface area contributed by atoms with Gasteiger partial charge in [-0.25, -0.2) is 4.98 Å². The van der Waals surface area contributed by atoms with E-state index < -0.39 is 18.4 Å². The molecule has 32 heavy (non-hydrogen) atoms. The Morgan fingerprint density at radius 2 is 1.78 bits per heavy atom. The summed E-state index contributed by atoms with van der Waals surface area (Å²) in [6, 6.07) is 17.8. The Balaban J connectivity index is 1.45. The van der Waals surface area contributed by atoms with Crippen LogP contribution in [0.5, 0.6) is 5.75 Å². The number of pyridine rings is 1. The zero-order valence-electron chi connectivity index (χ0n) is 16.5. The topological polar surface area (TPSA) is 93.5 Å². The molecule has 2 N–H and O–H groups in total. The molecule has 2 heterocycles. The molecular weight excluding hydrogens is 420 g/mol. The van der Waals surface area contributed by atoms with Gasteiger partial charge in [-0.3, -0.25) is 20.4 Å². The lowest BCUT2D eigenvalue weighted by Crippen LogP contribution is -2.42. The maximum atomic E-state index is 12.8. The van der Waals surface area contributed by atoms with Crippen molar-refractivity contribution in [3.05, 3.63) is 84.1 Å². The van der Waals surface area contributed by atoms with E-state index in [1.165, 1.54) is 30.5 Å². The van der Waals surface area contributed by atoms with E-state index in [1.54, 1.807) is 36.4 Å². The second-order valence-electron chi connectivity index (χ2n) is 6.75. The summed E-state index contributed by atoms with van der Waals surface area (Å²) in [7, 11) is 0. The standard InChI is InChI=1S/C23H17F2N3O4/c24-23(25)32-15-9-7-14(8-10-15)12-21(29)27-28-22(30)17-13-19(20-6-3-11-31-20)26-18-5-2-1-4-16(17)18/h1-11,13,23H,12H2,(H,27,29)(H,28,30). The van der Waals surface area contributed by atoms with E-state index in [4.69, 9.17) is 4.42 Å². The van der Waals surface area contributed by atoms with E-state index >= 15 is 0 Å². The van der Waals surface area contributed by atoms with Crippen molar-refractivity contribution in [1.29, 1.82) is 0 Å². The largest absolute Gasteiger partial charge is 0.463 e. The minimum Gasteiger partial charge on any atom is -0.463 e. The Labute approximate surface area is 181 Å². The van der Waals surface area contributed by atoms with Crippen molar-refractivity contribution < 1.29 is 27.5 Å². The molecule has 0 atom stereocenters. The lowest BCUT2D eigenvalue weighted by atomic mass is 10.1. The van der Waals surface area contributed by atoms with Crippen LogP contribution in [0.15, 0.2) is 77.4 Å². The molecule has 0 saturated heterocycles. The van der Waals surface area contributed by atoms with Gasteiger partial charge in [-0.05, 0) is 42.0 Å². The number of alkyl halides is 2. The summed E-state index contributed by atoms with van der Waals surface area (Å²) in [4.78, 5) is 29.6. The van der Waals surface area contributed by atoms with Gasteiger partial charge < -0.3 is 9.15 Å². The number of rotatable bonds is 6. The first-order valence-corrected chi connectivity index (χ1v) is 9.56. The molecule has 162 valence electrons. The van der Waals surface area contributed by atoms with Crippen LogP contribution in [0.25, 0.3) is 22.4 Å². The van der Waals surface area contributed by atoms with E-state index in [2.05, 4.69) is 20.6 Å². The molecule has 2 aromatic heterocycles. The molecule has 0 aliphatic carbocycles. The number of fused-ring (bicyclic) bond motifs is 1. The fourth-order valence-electron chi connectivity index (χ4n) is 3.13. The van der Waals surface area contributed by atoms with Crippen LogP contribution in [0.2, 0.25) is 0 Å². The zero-order chi connectivity index (χ0) is 22.5. The highest BCUT2D eigenvalue weighted by Crippen LogP contribution is 2.25. The van der Waals surface area contributed by atoms with E-state index in [1.807, 2.05) is 6.07 Å². The van der Waals surface area contributed by atoms with Gasteiger partial charge in [0.05, 0.1) is 23.8 Å². The summed E-state index contributed by atoms with van der Waals surface area (Å²) in [5.74, 6) is -0.501. The van der Waals surface area contributed by atoms with Gasteiger partial charge >= 0.3 is 6.61 Å². The zero-order valence-corrected chi connectivity index (χ0v) is 16.5. The molecule has 0 bridgehead atoms. The lowest BCUT2D eigenvalue weighted by molar-refractivity contribution is -0.121. The monoisotopic (exact) mass is 437 g/mol. The number of aromatic nitrogens is 1. The second-order valence-corrected chi connectivity index (χ2v) is 6.75. The highest BCUT2D eigenvalue weighted by molar-refractivity contribution is 6.07. The molecule has 4 aromatic rings. The fourth-order valence-corrected chi connectivity index (χ4v) is 3.13. The van der Waals surface area contributed by atoms with Gasteiger partial charge in [0.25, 0.3) is 5.91 Å². The minimum atomic E-state index is -2.92. The Bertz CT molecular complexity index is 1240. The smallest absolute Gasteiger partial charge is 0.387 e. The summed E-state index contributed by atoms with van der Waals surface area (Å²) in [5.41, 5.74) is 6.72. The molecule has 0 unspecified atom stereocenters. The maximum Gasteiger partial charge on any atom is 0.387 e. The van der Waals surface area contributed by atoms with Crippen LogP contribution in [-0.2, 0) is 11.2 Å². The number of carbonyl (C=O) groups excluding carboxylic acids is 2. The van der Waals surface area contributed by atoms with Crippen LogP contribution < -0.4 is 15.6 Å². The van der Waals surface area contributed by atoms with Crippen LogP contribution >= 0.6 is 0 Å². The van der Waals surface area contributed by atoms with Crippen molar-refractivity contribution in [2.45, 2.75) is 13.0 Å². The summed E-state index contributed by atoms with van der Waals surface area (Å²) in [6.45, 7) is -2.92. The summed E-state index contributed by atoms with van der Waals surface area (Å²) in [6.07, 6.45) is 1.45. The number of furan rings is 1. The van der Waals surface area contributed by atoms with E-state index in [-0.39, 0.29) is 12.2 Å². The molecule has 0 aliphatic rings. The molecule has 0 aliphatic heterocycles. The van der Waals surface area contributed by atoms with Crippen LogP contribution in [0.1, 0.15) is 15.9 Å². The Hall–Kier alpha value is -4.27. The second kappa shape index (κ2) is 9.25. The Kier molecular flexibility index (Phi) is 6.07. The highest BCUT2D eigenvalue weighted by atomic mass is 19.3. The Morgan fingerprint density at radius 3 is 2.50 bits per heavy atom. The van der Waals surface area contributed by atoms with Gasteiger partial charge in [0.2, 0.25) is 5.91 Å². The third kappa shape index (κ3) is 4.89. The van der Waals surface area contributed by atoms with Crippen molar-refractivity contribution in [2.75, 3.05) is 0 Å². The van der Waals surface area contributed by atoms with Gasteiger partial charge in [-0.2, -0.15) is 8.78 Å². The number of hydrogen-bond acceptors (Lipinski definition) is 5. The van der Waals surface area contributed by atoms with Gasteiger partial charge in [0, 0.05) is 5.39 Å². The average molecular weight is 437 g/mol. The molecule has 7 nitrogen and oxygen atoms in total. The van der Waals surface area contributed by atoms with Crippen molar-refractivity contribution in [3.63, 3.8) is 0 Å². The third-order valence-corrected chi connectivity index (χ3v) is 4.56. The first kappa shape index (κ1) is 21.0. The van der Waals surface area contributed by atoms with Crippen LogP contribution in [0, 0.1) is 0 Å².